The van der Waals surface area contributed by atoms with E-state index in [9.17, 15) is 4.79 Å². The van der Waals surface area contributed by atoms with Crippen molar-refractivity contribution in [3.8, 4) is 0 Å². The second-order valence-electron chi connectivity index (χ2n) is 4.54. The SMILES string of the molecule is O=C(/C=C/c1ccc(Br)cc1)c1cc2cc(Br)ccc2o1. The minimum absolute atomic E-state index is 0.148. The Labute approximate surface area is 138 Å². The Bertz CT molecular complexity index is 830. The maximum Gasteiger partial charge on any atom is 0.221 e. The summed E-state index contributed by atoms with van der Waals surface area (Å²) < 4.78 is 7.53. The predicted molar refractivity (Wildman–Crippen MR) is 91.4 cm³/mol. The Morgan fingerprint density at radius 1 is 0.952 bits per heavy atom. The lowest BCUT2D eigenvalue weighted by Gasteiger charge is -1.93. The molecule has 0 aliphatic rings. The summed E-state index contributed by atoms with van der Waals surface area (Å²) in [5.74, 6) is 0.196. The van der Waals surface area contributed by atoms with Crippen LogP contribution in [0.15, 0.2) is 68.0 Å². The number of rotatable bonds is 3. The fourth-order valence-corrected chi connectivity index (χ4v) is 2.61. The summed E-state index contributed by atoms with van der Waals surface area (Å²) >= 11 is 6.78. The molecule has 3 aromatic rings. The van der Waals surface area contributed by atoms with Gasteiger partial charge in [0.15, 0.2) is 5.76 Å². The quantitative estimate of drug-likeness (QED) is 0.403. The van der Waals surface area contributed by atoms with E-state index in [1.165, 1.54) is 6.08 Å². The molecule has 4 heteroatoms. The van der Waals surface area contributed by atoms with Gasteiger partial charge < -0.3 is 4.42 Å². The Kier molecular flexibility index (Phi) is 4.08. The van der Waals surface area contributed by atoms with Crippen LogP contribution >= 0.6 is 31.9 Å². The summed E-state index contributed by atoms with van der Waals surface area (Å²) in [6.45, 7) is 0. The van der Waals surface area contributed by atoms with Crippen LogP contribution in [0, 0.1) is 0 Å². The Hall–Kier alpha value is -1.65. The third-order valence-electron chi connectivity index (χ3n) is 3.02. The van der Waals surface area contributed by atoms with Crippen LogP contribution in [0.5, 0.6) is 0 Å². The molecule has 3 rings (SSSR count). The van der Waals surface area contributed by atoms with E-state index in [0.29, 0.717) is 11.3 Å². The molecule has 0 radical (unpaired) electrons. The van der Waals surface area contributed by atoms with Crippen LogP contribution in [0.1, 0.15) is 16.1 Å². The molecule has 0 atom stereocenters. The highest BCUT2D eigenvalue weighted by Crippen LogP contribution is 2.24. The molecule has 0 saturated carbocycles. The van der Waals surface area contributed by atoms with Gasteiger partial charge in [-0.3, -0.25) is 4.79 Å². The van der Waals surface area contributed by atoms with Gasteiger partial charge in [-0.15, -0.1) is 0 Å². The van der Waals surface area contributed by atoms with Crippen LogP contribution in [-0.4, -0.2) is 5.78 Å². The van der Waals surface area contributed by atoms with E-state index in [-0.39, 0.29) is 5.78 Å². The first-order valence-electron chi connectivity index (χ1n) is 6.29. The topological polar surface area (TPSA) is 30.2 Å². The average Bonchev–Trinajstić information content (AvgIpc) is 2.89. The summed E-state index contributed by atoms with van der Waals surface area (Å²) in [5.41, 5.74) is 1.67. The number of halogens is 2. The summed E-state index contributed by atoms with van der Waals surface area (Å²) in [6, 6.07) is 15.1. The first-order chi connectivity index (χ1) is 10.1. The number of hydrogen-bond acceptors (Lipinski definition) is 2. The average molecular weight is 406 g/mol. The Balaban J connectivity index is 1.84. The van der Waals surface area contributed by atoms with Crippen molar-refractivity contribution in [1.82, 2.24) is 0 Å². The van der Waals surface area contributed by atoms with Crippen molar-refractivity contribution in [3.63, 3.8) is 0 Å². The van der Waals surface area contributed by atoms with Crippen LogP contribution in [0.3, 0.4) is 0 Å². The lowest BCUT2D eigenvalue weighted by atomic mass is 10.2. The highest BCUT2D eigenvalue weighted by atomic mass is 79.9. The number of fused-ring (bicyclic) bond motifs is 1. The number of allylic oxidation sites excluding steroid dienone is 1. The molecule has 0 amide bonds. The van der Waals surface area contributed by atoms with Gasteiger partial charge >= 0.3 is 0 Å². The highest BCUT2D eigenvalue weighted by Gasteiger charge is 2.09. The van der Waals surface area contributed by atoms with E-state index in [1.807, 2.05) is 42.5 Å². The van der Waals surface area contributed by atoms with Crippen LogP contribution in [0.25, 0.3) is 17.0 Å². The minimum Gasteiger partial charge on any atom is -0.453 e. The van der Waals surface area contributed by atoms with Gasteiger partial charge in [0.2, 0.25) is 5.78 Å². The van der Waals surface area contributed by atoms with Crippen molar-refractivity contribution in [1.29, 1.82) is 0 Å². The minimum atomic E-state index is -0.148. The van der Waals surface area contributed by atoms with E-state index in [0.717, 1.165) is 19.9 Å². The molecule has 0 aliphatic heterocycles. The zero-order valence-electron chi connectivity index (χ0n) is 10.8. The number of hydrogen-bond donors (Lipinski definition) is 0. The summed E-state index contributed by atoms with van der Waals surface area (Å²) in [7, 11) is 0. The van der Waals surface area contributed by atoms with Crippen molar-refractivity contribution in [3.05, 3.63) is 74.9 Å². The molecule has 0 saturated heterocycles. The van der Waals surface area contributed by atoms with Crippen molar-refractivity contribution < 1.29 is 9.21 Å². The lowest BCUT2D eigenvalue weighted by Crippen LogP contribution is -1.90. The van der Waals surface area contributed by atoms with Crippen molar-refractivity contribution in [2.45, 2.75) is 0 Å². The van der Waals surface area contributed by atoms with Crippen molar-refractivity contribution >= 4 is 54.7 Å². The van der Waals surface area contributed by atoms with Gasteiger partial charge in [-0.05, 0) is 48.0 Å². The van der Waals surface area contributed by atoms with Gasteiger partial charge in [0.05, 0.1) is 0 Å². The fraction of sp³-hybridized carbons (Fsp3) is 0. The fourth-order valence-electron chi connectivity index (χ4n) is 1.96. The second kappa shape index (κ2) is 6.00. The smallest absolute Gasteiger partial charge is 0.221 e. The zero-order valence-corrected chi connectivity index (χ0v) is 14.0. The van der Waals surface area contributed by atoms with E-state index in [2.05, 4.69) is 31.9 Å². The predicted octanol–water partition coefficient (Wildman–Crippen LogP) is 5.85. The molecule has 0 fully saturated rings. The van der Waals surface area contributed by atoms with Gasteiger partial charge in [0.25, 0.3) is 0 Å². The molecule has 2 aromatic carbocycles. The molecule has 21 heavy (non-hydrogen) atoms. The number of furan rings is 1. The molecule has 1 heterocycles. The van der Waals surface area contributed by atoms with Gasteiger partial charge in [-0.25, -0.2) is 0 Å². The van der Waals surface area contributed by atoms with Crippen LogP contribution in [0.2, 0.25) is 0 Å². The first-order valence-corrected chi connectivity index (χ1v) is 7.87. The molecular weight excluding hydrogens is 396 g/mol. The Morgan fingerprint density at radius 3 is 2.43 bits per heavy atom. The third kappa shape index (κ3) is 3.34. The first kappa shape index (κ1) is 14.3. The van der Waals surface area contributed by atoms with Gasteiger partial charge in [0.1, 0.15) is 5.58 Å². The summed E-state index contributed by atoms with van der Waals surface area (Å²) in [6.07, 6.45) is 3.30. The summed E-state index contributed by atoms with van der Waals surface area (Å²) in [4.78, 5) is 12.1. The van der Waals surface area contributed by atoms with Crippen LogP contribution in [0.4, 0.5) is 0 Å². The number of benzene rings is 2. The lowest BCUT2D eigenvalue weighted by molar-refractivity contribution is 0.102. The van der Waals surface area contributed by atoms with Crippen LogP contribution in [-0.2, 0) is 0 Å². The molecule has 1 aromatic heterocycles. The molecular formula is C17H10Br2O2. The largest absolute Gasteiger partial charge is 0.453 e. The van der Waals surface area contributed by atoms with E-state index in [4.69, 9.17) is 4.42 Å². The van der Waals surface area contributed by atoms with E-state index < -0.39 is 0 Å². The Morgan fingerprint density at radius 2 is 1.67 bits per heavy atom. The van der Waals surface area contributed by atoms with Gasteiger partial charge in [-0.1, -0.05) is 50.1 Å². The van der Waals surface area contributed by atoms with Gasteiger partial charge in [-0.2, -0.15) is 0 Å². The number of carbonyl (C=O) groups is 1. The normalized spacial score (nSPS) is 11.3. The van der Waals surface area contributed by atoms with E-state index in [1.54, 1.807) is 12.1 Å². The standard InChI is InChI=1S/C17H10Br2O2/c18-13-4-1-11(2-5-13)3-7-15(20)17-10-12-9-14(19)6-8-16(12)21-17/h1-10H/b7-3+. The maximum absolute atomic E-state index is 12.1. The van der Waals surface area contributed by atoms with Crippen molar-refractivity contribution in [2.75, 3.05) is 0 Å². The third-order valence-corrected chi connectivity index (χ3v) is 4.04. The molecule has 104 valence electrons. The molecule has 0 spiro atoms. The molecule has 0 aliphatic carbocycles. The number of carbonyl (C=O) groups excluding carboxylic acids is 1. The second-order valence-corrected chi connectivity index (χ2v) is 6.37. The molecule has 0 N–H and O–H groups in total. The monoisotopic (exact) mass is 404 g/mol. The maximum atomic E-state index is 12.1. The molecule has 2 nitrogen and oxygen atoms in total. The zero-order chi connectivity index (χ0) is 14.8. The summed E-state index contributed by atoms with van der Waals surface area (Å²) in [5, 5.41) is 0.907. The van der Waals surface area contributed by atoms with Gasteiger partial charge in [0, 0.05) is 14.3 Å². The molecule has 0 bridgehead atoms. The van der Waals surface area contributed by atoms with Crippen molar-refractivity contribution in [2.24, 2.45) is 0 Å². The molecule has 0 unspecified atom stereocenters. The highest BCUT2D eigenvalue weighted by molar-refractivity contribution is 9.10. The number of ketones is 1. The van der Waals surface area contributed by atoms with Crippen LogP contribution < -0.4 is 0 Å². The van der Waals surface area contributed by atoms with E-state index >= 15 is 0 Å².